The van der Waals surface area contributed by atoms with Gasteiger partial charge in [-0.1, -0.05) is 39.8 Å². The molecule has 0 saturated heterocycles. The standard InChI is InChI=1S/C17H30N2/c1-13(2)11-19(12-14(3)4)15(5)10-16-6-8-17(18)9-7-16/h6-9,13-15H,10-12,18H2,1-5H3. The maximum absolute atomic E-state index is 5.74. The van der Waals surface area contributed by atoms with Gasteiger partial charge in [-0.05, 0) is 42.9 Å². The van der Waals surface area contributed by atoms with Gasteiger partial charge in [-0.25, -0.2) is 0 Å². The van der Waals surface area contributed by atoms with E-state index in [0.29, 0.717) is 17.9 Å². The first-order valence-corrected chi connectivity index (χ1v) is 7.47. The molecule has 0 amide bonds. The first-order valence-electron chi connectivity index (χ1n) is 7.47. The summed E-state index contributed by atoms with van der Waals surface area (Å²) in [5.41, 5.74) is 7.96. The Morgan fingerprint density at radius 1 is 0.895 bits per heavy atom. The van der Waals surface area contributed by atoms with Gasteiger partial charge in [-0.15, -0.1) is 0 Å². The minimum Gasteiger partial charge on any atom is -0.399 e. The summed E-state index contributed by atoms with van der Waals surface area (Å²) in [5, 5.41) is 0. The second-order valence-corrected chi connectivity index (χ2v) is 6.54. The highest BCUT2D eigenvalue weighted by molar-refractivity contribution is 5.39. The van der Waals surface area contributed by atoms with Crippen molar-refractivity contribution >= 4 is 5.69 Å². The normalized spacial score (nSPS) is 13.5. The molecule has 1 aromatic rings. The SMILES string of the molecule is CC(C)CN(CC(C)C)C(C)Cc1ccc(N)cc1. The van der Waals surface area contributed by atoms with Gasteiger partial charge in [0.2, 0.25) is 0 Å². The minimum absolute atomic E-state index is 0.577. The van der Waals surface area contributed by atoms with Crippen molar-refractivity contribution in [2.75, 3.05) is 18.8 Å². The number of benzene rings is 1. The van der Waals surface area contributed by atoms with E-state index in [1.807, 2.05) is 12.1 Å². The summed E-state index contributed by atoms with van der Waals surface area (Å²) in [5.74, 6) is 1.43. The van der Waals surface area contributed by atoms with Crippen LogP contribution in [0.1, 0.15) is 40.2 Å². The number of hydrogen-bond acceptors (Lipinski definition) is 2. The number of anilines is 1. The third kappa shape index (κ3) is 6.11. The first-order chi connectivity index (χ1) is 8.88. The molecule has 0 radical (unpaired) electrons. The molecular weight excluding hydrogens is 232 g/mol. The quantitative estimate of drug-likeness (QED) is 0.757. The van der Waals surface area contributed by atoms with E-state index in [4.69, 9.17) is 5.73 Å². The molecule has 0 fully saturated rings. The van der Waals surface area contributed by atoms with Crippen LogP contribution in [0.3, 0.4) is 0 Å². The van der Waals surface area contributed by atoms with E-state index in [1.54, 1.807) is 0 Å². The summed E-state index contributed by atoms with van der Waals surface area (Å²) in [4.78, 5) is 2.62. The van der Waals surface area contributed by atoms with E-state index >= 15 is 0 Å². The topological polar surface area (TPSA) is 29.3 Å². The molecule has 0 aliphatic rings. The molecule has 0 spiro atoms. The first kappa shape index (κ1) is 16.0. The fourth-order valence-corrected chi connectivity index (χ4v) is 2.50. The molecule has 2 nitrogen and oxygen atoms in total. The number of hydrogen-bond donors (Lipinski definition) is 1. The third-order valence-electron chi connectivity index (χ3n) is 3.33. The molecule has 1 unspecified atom stereocenters. The number of rotatable bonds is 7. The van der Waals surface area contributed by atoms with Crippen LogP contribution >= 0.6 is 0 Å². The Kier molecular flexibility index (Phi) is 6.36. The number of nitrogens with zero attached hydrogens (tertiary/aromatic N) is 1. The summed E-state index contributed by atoms with van der Waals surface area (Å²) >= 11 is 0. The summed E-state index contributed by atoms with van der Waals surface area (Å²) < 4.78 is 0. The van der Waals surface area contributed by atoms with Crippen molar-refractivity contribution in [3.8, 4) is 0 Å². The Labute approximate surface area is 119 Å². The Balaban J connectivity index is 2.64. The lowest BCUT2D eigenvalue weighted by molar-refractivity contribution is 0.165. The van der Waals surface area contributed by atoms with E-state index in [0.717, 1.165) is 12.1 Å². The second-order valence-electron chi connectivity index (χ2n) is 6.54. The number of nitrogen functional groups attached to an aromatic ring is 1. The highest BCUT2D eigenvalue weighted by Gasteiger charge is 2.16. The minimum atomic E-state index is 0.577. The largest absolute Gasteiger partial charge is 0.399 e. The Hall–Kier alpha value is -1.02. The van der Waals surface area contributed by atoms with E-state index in [2.05, 4.69) is 51.7 Å². The van der Waals surface area contributed by atoms with E-state index in [9.17, 15) is 0 Å². The average molecular weight is 262 g/mol. The van der Waals surface area contributed by atoms with Crippen LogP contribution in [-0.2, 0) is 6.42 Å². The second kappa shape index (κ2) is 7.54. The predicted octanol–water partition coefficient (Wildman–Crippen LogP) is 3.81. The van der Waals surface area contributed by atoms with Gasteiger partial charge in [-0.3, -0.25) is 4.90 Å². The maximum atomic E-state index is 5.74. The zero-order chi connectivity index (χ0) is 14.4. The smallest absolute Gasteiger partial charge is 0.0314 e. The summed E-state index contributed by atoms with van der Waals surface area (Å²) in [7, 11) is 0. The van der Waals surface area contributed by atoms with Gasteiger partial charge >= 0.3 is 0 Å². The van der Waals surface area contributed by atoms with Crippen LogP contribution in [-0.4, -0.2) is 24.0 Å². The van der Waals surface area contributed by atoms with Crippen molar-refractivity contribution in [1.29, 1.82) is 0 Å². The zero-order valence-electron chi connectivity index (χ0n) is 13.2. The van der Waals surface area contributed by atoms with Gasteiger partial charge in [0.05, 0.1) is 0 Å². The van der Waals surface area contributed by atoms with Crippen molar-refractivity contribution in [2.45, 2.75) is 47.1 Å². The lowest BCUT2D eigenvalue weighted by Crippen LogP contribution is -2.39. The highest BCUT2D eigenvalue weighted by atomic mass is 15.1. The molecule has 1 rings (SSSR count). The van der Waals surface area contributed by atoms with Gasteiger partial charge in [0, 0.05) is 24.8 Å². The molecule has 1 atom stereocenters. The van der Waals surface area contributed by atoms with Crippen LogP contribution < -0.4 is 5.73 Å². The summed E-state index contributed by atoms with van der Waals surface area (Å²) in [6.07, 6.45) is 1.10. The molecular formula is C17H30N2. The van der Waals surface area contributed by atoms with Crippen LogP contribution in [0.25, 0.3) is 0 Å². The van der Waals surface area contributed by atoms with Gasteiger partial charge in [0.25, 0.3) is 0 Å². The molecule has 2 N–H and O–H groups in total. The highest BCUT2D eigenvalue weighted by Crippen LogP contribution is 2.14. The van der Waals surface area contributed by atoms with Crippen molar-refractivity contribution in [1.82, 2.24) is 4.90 Å². The zero-order valence-corrected chi connectivity index (χ0v) is 13.2. The van der Waals surface area contributed by atoms with Crippen molar-refractivity contribution in [3.05, 3.63) is 29.8 Å². The molecule has 0 aliphatic carbocycles. The average Bonchev–Trinajstić information content (AvgIpc) is 2.30. The predicted molar refractivity (Wildman–Crippen MR) is 85.3 cm³/mol. The molecule has 19 heavy (non-hydrogen) atoms. The van der Waals surface area contributed by atoms with Crippen LogP contribution in [0.4, 0.5) is 5.69 Å². The number of nitrogens with two attached hydrogens (primary N) is 1. The Morgan fingerprint density at radius 3 is 1.79 bits per heavy atom. The molecule has 0 heterocycles. The Bertz CT molecular complexity index is 344. The lowest BCUT2D eigenvalue weighted by Gasteiger charge is -2.32. The van der Waals surface area contributed by atoms with Gasteiger partial charge < -0.3 is 5.73 Å². The summed E-state index contributed by atoms with van der Waals surface area (Å²) in [6.45, 7) is 13.9. The third-order valence-corrected chi connectivity index (χ3v) is 3.33. The van der Waals surface area contributed by atoms with Crippen LogP contribution in [0.2, 0.25) is 0 Å². The molecule has 0 bridgehead atoms. The van der Waals surface area contributed by atoms with E-state index in [1.165, 1.54) is 18.7 Å². The Morgan fingerprint density at radius 2 is 1.37 bits per heavy atom. The van der Waals surface area contributed by atoms with Crippen molar-refractivity contribution in [2.24, 2.45) is 11.8 Å². The fraction of sp³-hybridized carbons (Fsp3) is 0.647. The fourth-order valence-electron chi connectivity index (χ4n) is 2.50. The van der Waals surface area contributed by atoms with Crippen molar-refractivity contribution in [3.63, 3.8) is 0 Å². The lowest BCUT2D eigenvalue weighted by atomic mass is 10.0. The van der Waals surface area contributed by atoms with Crippen LogP contribution in [0, 0.1) is 11.8 Å². The van der Waals surface area contributed by atoms with Crippen LogP contribution in [0.5, 0.6) is 0 Å². The molecule has 1 aromatic carbocycles. The van der Waals surface area contributed by atoms with Gasteiger partial charge in [-0.2, -0.15) is 0 Å². The molecule has 108 valence electrons. The van der Waals surface area contributed by atoms with E-state index in [-0.39, 0.29) is 0 Å². The van der Waals surface area contributed by atoms with E-state index < -0.39 is 0 Å². The maximum Gasteiger partial charge on any atom is 0.0314 e. The monoisotopic (exact) mass is 262 g/mol. The molecule has 0 saturated carbocycles. The molecule has 2 heteroatoms. The molecule has 0 aromatic heterocycles. The molecule has 0 aliphatic heterocycles. The van der Waals surface area contributed by atoms with Gasteiger partial charge in [0.15, 0.2) is 0 Å². The van der Waals surface area contributed by atoms with Crippen molar-refractivity contribution < 1.29 is 0 Å². The summed E-state index contributed by atoms with van der Waals surface area (Å²) in [6, 6.07) is 8.87. The van der Waals surface area contributed by atoms with Gasteiger partial charge in [0.1, 0.15) is 0 Å². The van der Waals surface area contributed by atoms with Crippen LogP contribution in [0.15, 0.2) is 24.3 Å².